The number of aromatic nitrogens is 1. The molecule has 0 aliphatic heterocycles. The van der Waals surface area contributed by atoms with E-state index in [2.05, 4.69) is 4.98 Å². The van der Waals surface area contributed by atoms with Gasteiger partial charge in [-0.3, -0.25) is 0 Å². The zero-order valence-electron chi connectivity index (χ0n) is 17.3. The number of rotatable bonds is 6. The fourth-order valence-electron chi connectivity index (χ4n) is 2.89. The molecule has 10 heteroatoms. The van der Waals surface area contributed by atoms with Crippen molar-refractivity contribution in [3.63, 3.8) is 0 Å². The smallest absolute Gasteiger partial charge is 0.339 e. The topological polar surface area (TPSA) is 96.9 Å². The van der Waals surface area contributed by atoms with E-state index in [1.807, 2.05) is 0 Å². The van der Waals surface area contributed by atoms with Gasteiger partial charge >= 0.3 is 10.1 Å². The molecular formula is C20H23N3O5S2. The fourth-order valence-corrected chi connectivity index (χ4v) is 4.95. The molecule has 0 bridgehead atoms. The maximum Gasteiger partial charge on any atom is 0.339 e. The van der Waals surface area contributed by atoms with Gasteiger partial charge in [-0.1, -0.05) is 18.2 Å². The second-order valence-corrected chi connectivity index (χ2v) is 10.8. The average molecular weight is 450 g/mol. The molecule has 0 radical (unpaired) electrons. The Balaban J connectivity index is 2.37. The van der Waals surface area contributed by atoms with E-state index in [1.165, 1.54) is 32.3 Å². The highest BCUT2D eigenvalue weighted by atomic mass is 32.2. The first-order valence-corrected chi connectivity index (χ1v) is 11.8. The summed E-state index contributed by atoms with van der Waals surface area (Å²) in [6, 6.07) is 12.4. The lowest BCUT2D eigenvalue weighted by Gasteiger charge is -2.22. The van der Waals surface area contributed by atoms with Gasteiger partial charge in [0, 0.05) is 39.3 Å². The molecule has 0 fully saturated rings. The summed E-state index contributed by atoms with van der Waals surface area (Å²) in [6.07, 6.45) is 0. The van der Waals surface area contributed by atoms with Crippen LogP contribution in [0.25, 0.3) is 10.9 Å². The number of hydrogen-bond acceptors (Lipinski definition) is 7. The highest BCUT2D eigenvalue weighted by Gasteiger charge is 2.28. The van der Waals surface area contributed by atoms with Crippen molar-refractivity contribution < 1.29 is 21.0 Å². The van der Waals surface area contributed by atoms with Crippen molar-refractivity contribution >= 4 is 36.7 Å². The molecule has 0 spiro atoms. The molecule has 0 saturated heterocycles. The van der Waals surface area contributed by atoms with Crippen LogP contribution in [-0.4, -0.2) is 54.3 Å². The molecule has 3 rings (SSSR count). The molecular weight excluding hydrogens is 426 g/mol. The molecule has 1 aromatic heterocycles. The van der Waals surface area contributed by atoms with Gasteiger partial charge in [0.2, 0.25) is 10.0 Å². The third kappa shape index (κ3) is 3.98. The van der Waals surface area contributed by atoms with Crippen LogP contribution in [0, 0.1) is 6.92 Å². The van der Waals surface area contributed by atoms with Crippen LogP contribution >= 0.6 is 0 Å². The van der Waals surface area contributed by atoms with Gasteiger partial charge < -0.3 is 9.08 Å². The third-order valence-corrected chi connectivity index (χ3v) is 7.57. The van der Waals surface area contributed by atoms with Gasteiger partial charge in [-0.05, 0) is 37.3 Å². The van der Waals surface area contributed by atoms with E-state index in [-0.39, 0.29) is 32.1 Å². The van der Waals surface area contributed by atoms with E-state index >= 15 is 0 Å². The monoisotopic (exact) mass is 449 g/mol. The summed E-state index contributed by atoms with van der Waals surface area (Å²) in [6.45, 7) is 1.73. The van der Waals surface area contributed by atoms with E-state index in [0.29, 0.717) is 5.69 Å². The quantitative estimate of drug-likeness (QED) is 0.534. The summed E-state index contributed by atoms with van der Waals surface area (Å²) >= 11 is 0. The largest absolute Gasteiger partial charge is 0.375 e. The van der Waals surface area contributed by atoms with Crippen LogP contribution < -0.4 is 9.08 Å². The molecule has 0 aliphatic rings. The summed E-state index contributed by atoms with van der Waals surface area (Å²) in [7, 11) is -1.78. The van der Waals surface area contributed by atoms with Crippen LogP contribution in [-0.2, 0) is 20.1 Å². The van der Waals surface area contributed by atoms with Crippen molar-refractivity contribution in [3.05, 3.63) is 54.2 Å². The predicted octanol–water partition coefficient (Wildman–Crippen LogP) is 2.63. The molecule has 3 aromatic rings. The third-order valence-electron chi connectivity index (χ3n) is 4.48. The van der Waals surface area contributed by atoms with E-state index in [0.717, 1.165) is 4.31 Å². The van der Waals surface area contributed by atoms with Gasteiger partial charge in [0.1, 0.15) is 10.4 Å². The molecule has 8 nitrogen and oxygen atoms in total. The molecule has 160 valence electrons. The molecule has 0 aliphatic carbocycles. The number of sulfonamides is 1. The van der Waals surface area contributed by atoms with Crippen LogP contribution in [0.1, 0.15) is 5.69 Å². The lowest BCUT2D eigenvalue weighted by atomic mass is 10.1. The van der Waals surface area contributed by atoms with Crippen LogP contribution in [0.2, 0.25) is 0 Å². The Morgan fingerprint density at radius 3 is 2.10 bits per heavy atom. The highest BCUT2D eigenvalue weighted by Crippen LogP contribution is 2.40. The minimum atomic E-state index is -4.16. The first-order chi connectivity index (χ1) is 13.9. The number of fused-ring (bicyclic) bond motifs is 1. The first kappa shape index (κ1) is 22.0. The second kappa shape index (κ2) is 7.86. The maximum atomic E-state index is 12.9. The molecule has 0 amide bonds. The molecule has 0 atom stereocenters. The molecule has 0 N–H and O–H groups in total. The fraction of sp³-hybridized carbons (Fsp3) is 0.250. The van der Waals surface area contributed by atoms with E-state index in [4.69, 9.17) is 4.18 Å². The highest BCUT2D eigenvalue weighted by molar-refractivity contribution is 7.89. The average Bonchev–Trinajstić information content (AvgIpc) is 2.68. The summed E-state index contributed by atoms with van der Waals surface area (Å²) in [5.74, 6) is -0.0275. The zero-order valence-corrected chi connectivity index (χ0v) is 19.0. The van der Waals surface area contributed by atoms with Crippen molar-refractivity contribution in [2.45, 2.75) is 16.7 Å². The van der Waals surface area contributed by atoms with Gasteiger partial charge in [0.05, 0.1) is 10.6 Å². The lowest BCUT2D eigenvalue weighted by Crippen LogP contribution is -2.23. The van der Waals surface area contributed by atoms with Gasteiger partial charge in [0.15, 0.2) is 5.75 Å². The Bertz CT molecular complexity index is 1300. The van der Waals surface area contributed by atoms with Crippen LogP contribution in [0.4, 0.5) is 5.69 Å². The second-order valence-electron chi connectivity index (χ2n) is 7.10. The number of nitrogens with zero attached hydrogens (tertiary/aromatic N) is 3. The number of aryl methyl sites for hydroxylation is 1. The molecule has 0 unspecified atom stereocenters. The van der Waals surface area contributed by atoms with Gasteiger partial charge in [-0.15, -0.1) is 0 Å². The molecule has 2 aromatic carbocycles. The van der Waals surface area contributed by atoms with Crippen LogP contribution in [0.5, 0.6) is 5.75 Å². The minimum absolute atomic E-state index is 0.0134. The summed E-state index contributed by atoms with van der Waals surface area (Å²) < 4.78 is 58.3. The number of benzene rings is 2. The minimum Gasteiger partial charge on any atom is -0.375 e. The Kier molecular flexibility index (Phi) is 5.76. The van der Waals surface area contributed by atoms with E-state index in [1.54, 1.807) is 56.3 Å². The molecule has 30 heavy (non-hydrogen) atoms. The lowest BCUT2D eigenvalue weighted by molar-refractivity contribution is 0.488. The summed E-state index contributed by atoms with van der Waals surface area (Å²) in [5, 5.41) is 0.276. The Morgan fingerprint density at radius 1 is 0.900 bits per heavy atom. The van der Waals surface area contributed by atoms with Gasteiger partial charge in [0.25, 0.3) is 0 Å². The Hall–Kier alpha value is -2.69. The predicted molar refractivity (Wildman–Crippen MR) is 116 cm³/mol. The Labute approximate surface area is 176 Å². The normalized spacial score (nSPS) is 12.3. The van der Waals surface area contributed by atoms with Crippen molar-refractivity contribution in [1.29, 1.82) is 0 Å². The van der Waals surface area contributed by atoms with Gasteiger partial charge in [-0.25, -0.2) is 17.7 Å². The standard InChI is InChI=1S/C20H23N3O5S2/c1-14-11-12-16-18(29(24,25)23(4)5)13-17(22(2)3)20(19(16)21-14)28-30(26,27)15-9-7-6-8-10-15/h6-13H,1-5H3. The SMILES string of the molecule is Cc1ccc2c(S(=O)(=O)N(C)C)cc(N(C)C)c(OS(=O)(=O)c3ccccc3)c2n1. The molecule has 0 saturated carbocycles. The van der Waals surface area contributed by atoms with Crippen molar-refractivity contribution in [2.75, 3.05) is 33.1 Å². The van der Waals surface area contributed by atoms with Crippen LogP contribution in [0.3, 0.4) is 0 Å². The van der Waals surface area contributed by atoms with E-state index < -0.39 is 20.1 Å². The number of anilines is 1. The maximum absolute atomic E-state index is 12.9. The van der Waals surface area contributed by atoms with Crippen molar-refractivity contribution in [1.82, 2.24) is 9.29 Å². The summed E-state index contributed by atoms with van der Waals surface area (Å²) in [5.41, 5.74) is 1.02. The van der Waals surface area contributed by atoms with E-state index in [9.17, 15) is 16.8 Å². The van der Waals surface area contributed by atoms with Crippen LogP contribution in [0.15, 0.2) is 58.3 Å². The summed E-state index contributed by atoms with van der Waals surface area (Å²) in [4.78, 5) is 6.03. The van der Waals surface area contributed by atoms with Crippen molar-refractivity contribution in [2.24, 2.45) is 0 Å². The van der Waals surface area contributed by atoms with Crippen molar-refractivity contribution in [3.8, 4) is 5.75 Å². The molecule has 1 heterocycles. The van der Waals surface area contributed by atoms with Gasteiger partial charge in [-0.2, -0.15) is 8.42 Å². The number of hydrogen-bond donors (Lipinski definition) is 0. The Morgan fingerprint density at radius 2 is 1.53 bits per heavy atom. The zero-order chi connectivity index (χ0) is 22.3. The number of pyridine rings is 1. The first-order valence-electron chi connectivity index (χ1n) is 8.99.